The maximum Gasteiger partial charge on any atom is 0.352 e. The van der Waals surface area contributed by atoms with Crippen molar-refractivity contribution < 1.29 is 28.8 Å². The maximum atomic E-state index is 14.3. The first-order valence-electron chi connectivity index (χ1n) is 27.0. The third-order valence-electron chi connectivity index (χ3n) is 14.8. The fraction of sp³-hybridized carbons (Fsp3) is 0.421. The van der Waals surface area contributed by atoms with Crippen molar-refractivity contribution in [2.75, 3.05) is 57.7 Å². The van der Waals surface area contributed by atoms with Gasteiger partial charge in [-0.15, -0.1) is 0 Å². The summed E-state index contributed by atoms with van der Waals surface area (Å²) < 4.78 is 3.61. The predicted molar refractivity (Wildman–Crippen MR) is 296 cm³/mol. The Morgan fingerprint density at radius 3 is 1.96 bits per heavy atom. The van der Waals surface area contributed by atoms with Gasteiger partial charge >= 0.3 is 11.4 Å². The van der Waals surface area contributed by atoms with Gasteiger partial charge in [0.1, 0.15) is 6.04 Å². The van der Waals surface area contributed by atoms with Crippen LogP contribution in [0.25, 0.3) is 11.4 Å². The number of amides is 6. The second-order valence-electron chi connectivity index (χ2n) is 20.2. The molecule has 1 unspecified atom stereocenters. The molecule has 5 aromatic rings. The van der Waals surface area contributed by atoms with Gasteiger partial charge in [0, 0.05) is 89.3 Å². The average Bonchev–Trinajstić information content (AvgIpc) is 4.00. The second-order valence-corrected chi connectivity index (χ2v) is 20.2. The summed E-state index contributed by atoms with van der Waals surface area (Å²) in [5.41, 5.74) is 13.9. The van der Waals surface area contributed by atoms with Crippen molar-refractivity contribution in [3.63, 3.8) is 0 Å². The van der Waals surface area contributed by atoms with Gasteiger partial charge in [-0.3, -0.25) is 44.0 Å². The molecule has 21 nitrogen and oxygen atoms in total. The van der Waals surface area contributed by atoms with Gasteiger partial charge < -0.3 is 37.6 Å². The number of carbonyl (C=O) groups excluding carboxylic acids is 6. The summed E-state index contributed by atoms with van der Waals surface area (Å²) in [4.78, 5) is 117. The highest BCUT2D eigenvalue weighted by Gasteiger charge is 2.41. The Morgan fingerprint density at radius 1 is 0.679 bits per heavy atom. The largest absolute Gasteiger partial charge is 0.370 e. The molecule has 0 spiro atoms. The van der Waals surface area contributed by atoms with Crippen molar-refractivity contribution in [1.82, 2.24) is 45.0 Å². The number of rotatable bonds is 23. The monoisotopic (exact) mass is 1070 g/mol. The number of benzene rings is 4. The summed E-state index contributed by atoms with van der Waals surface area (Å²) >= 11 is 0. The summed E-state index contributed by atoms with van der Waals surface area (Å²) in [7, 11) is 0. The Morgan fingerprint density at radius 2 is 1.29 bits per heavy atom. The predicted octanol–water partition coefficient (Wildman–Crippen LogP) is 3.08. The van der Waals surface area contributed by atoms with Crippen LogP contribution in [-0.4, -0.2) is 124 Å². The SMILES string of the molecule is NCCCNC(=O)CCCC(=O)NC(N)=NCCC[C@H](NC(=O)CC1(CC(=O)N2CCN(C3c4ccccc4NC(=O)c4ccccc43)CC2)CCCC1)C(=O)NCCn1c(=O)n(-c2ccccc2)n(-c2ccccc2)c1=O. The van der Waals surface area contributed by atoms with E-state index in [1.807, 2.05) is 53.4 Å². The zero-order valence-corrected chi connectivity index (χ0v) is 44.0. The van der Waals surface area contributed by atoms with Gasteiger partial charge in [-0.05, 0) is 98.0 Å². The van der Waals surface area contributed by atoms with E-state index in [1.54, 1.807) is 60.7 Å². The minimum atomic E-state index is -1.07. The summed E-state index contributed by atoms with van der Waals surface area (Å²) in [6.45, 7) is 2.82. The number of hydrogen-bond acceptors (Lipinski definition) is 11. The van der Waals surface area contributed by atoms with Crippen LogP contribution in [0.3, 0.4) is 0 Å². The number of para-hydroxylation sites is 3. The van der Waals surface area contributed by atoms with Gasteiger partial charge in [-0.2, -0.15) is 9.36 Å². The molecule has 8 rings (SSSR count). The molecular weight excluding hydrogens is 995 g/mol. The fourth-order valence-electron chi connectivity index (χ4n) is 10.8. The average molecular weight is 1070 g/mol. The van der Waals surface area contributed by atoms with Gasteiger partial charge in [0.15, 0.2) is 5.96 Å². The van der Waals surface area contributed by atoms with Crippen LogP contribution in [-0.2, 0) is 30.5 Å². The Bertz CT molecular complexity index is 3000. The molecule has 4 aromatic carbocycles. The van der Waals surface area contributed by atoms with E-state index < -0.39 is 40.6 Å². The van der Waals surface area contributed by atoms with Crippen molar-refractivity contribution in [2.45, 2.75) is 95.7 Å². The van der Waals surface area contributed by atoms with E-state index in [1.165, 1.54) is 9.36 Å². The number of aliphatic imine (C=N–C) groups is 1. The van der Waals surface area contributed by atoms with Crippen LogP contribution in [0, 0.1) is 5.41 Å². The van der Waals surface area contributed by atoms with E-state index in [-0.39, 0.29) is 87.9 Å². The minimum Gasteiger partial charge on any atom is -0.370 e. The molecule has 2 fully saturated rings. The van der Waals surface area contributed by atoms with Gasteiger partial charge in [0.2, 0.25) is 29.5 Å². The van der Waals surface area contributed by atoms with E-state index in [2.05, 4.69) is 36.5 Å². The van der Waals surface area contributed by atoms with Gasteiger partial charge in [-0.1, -0.05) is 85.6 Å². The molecule has 78 heavy (non-hydrogen) atoms. The third-order valence-corrected chi connectivity index (χ3v) is 14.8. The Kier molecular flexibility index (Phi) is 19.2. The molecule has 2 atom stereocenters. The lowest BCUT2D eigenvalue weighted by atomic mass is 9.78. The molecular formula is C57H71N13O8. The molecule has 1 aliphatic carbocycles. The number of guanidine groups is 1. The van der Waals surface area contributed by atoms with E-state index in [0.29, 0.717) is 81.9 Å². The third kappa shape index (κ3) is 14.1. The number of carbonyl (C=O) groups is 6. The van der Waals surface area contributed by atoms with Crippen molar-refractivity contribution in [3.05, 3.63) is 147 Å². The molecule has 2 aliphatic heterocycles. The van der Waals surface area contributed by atoms with E-state index in [9.17, 15) is 38.4 Å². The highest BCUT2D eigenvalue weighted by molar-refractivity contribution is 6.07. The van der Waals surface area contributed by atoms with Crippen molar-refractivity contribution >= 4 is 47.1 Å². The summed E-state index contributed by atoms with van der Waals surface area (Å²) in [5, 5.41) is 14.1. The number of nitrogens with one attached hydrogen (secondary N) is 5. The number of nitrogens with two attached hydrogens (primary N) is 2. The standard InChI is InChI=1S/C57H71N13O8/c58-29-15-31-60-47(71)25-13-26-48(72)65-54(59)62-30-14-24-46(53(76)61-32-33-68-55(77)69(40-16-3-1-4-17-40)70(56(68)78)41-18-5-2-6-19-41)63-49(73)38-57(27-11-12-28-57)39-50(74)66-34-36-67(37-35-66)51-42-20-7-8-21-43(42)52(75)64-45-23-10-9-22-44(45)51/h1-10,16-23,46,51H,11-15,24-39,58H2,(H,60,71)(H,61,76)(H,63,73)(H,64,75)(H3,59,62,65,72)/t46-,51?/m0/s1. The van der Waals surface area contributed by atoms with Crippen LogP contribution in [0.4, 0.5) is 5.69 Å². The van der Waals surface area contributed by atoms with E-state index in [0.717, 1.165) is 34.2 Å². The lowest BCUT2D eigenvalue weighted by molar-refractivity contribution is -0.137. The van der Waals surface area contributed by atoms with Gasteiger partial charge in [0.25, 0.3) is 5.91 Å². The van der Waals surface area contributed by atoms with Crippen molar-refractivity contribution in [1.29, 1.82) is 0 Å². The van der Waals surface area contributed by atoms with Crippen LogP contribution in [0.15, 0.2) is 124 Å². The van der Waals surface area contributed by atoms with E-state index >= 15 is 0 Å². The molecule has 9 N–H and O–H groups in total. The normalized spacial score (nSPS) is 16.5. The number of hydrogen-bond donors (Lipinski definition) is 7. The first-order valence-corrected chi connectivity index (χ1v) is 27.0. The fourth-order valence-corrected chi connectivity index (χ4v) is 10.8. The Labute approximate surface area is 452 Å². The van der Waals surface area contributed by atoms with Crippen molar-refractivity contribution in [3.8, 4) is 11.4 Å². The maximum absolute atomic E-state index is 14.3. The quantitative estimate of drug-likeness (QED) is 0.0284. The first kappa shape index (κ1) is 56.0. The molecule has 0 bridgehead atoms. The topological polar surface area (TPSA) is 282 Å². The van der Waals surface area contributed by atoms with Gasteiger partial charge in [-0.25, -0.2) is 14.2 Å². The van der Waals surface area contributed by atoms with Crippen molar-refractivity contribution in [2.24, 2.45) is 21.9 Å². The first-order chi connectivity index (χ1) is 37.8. The summed E-state index contributed by atoms with van der Waals surface area (Å²) in [6.07, 6.45) is 4.78. The van der Waals surface area contributed by atoms with E-state index in [4.69, 9.17) is 11.5 Å². The van der Waals surface area contributed by atoms with Crippen LogP contribution < -0.4 is 49.4 Å². The lowest BCUT2D eigenvalue weighted by Gasteiger charge is -2.41. The molecule has 0 radical (unpaired) electrons. The number of fused-ring (bicyclic) bond motifs is 2. The zero-order chi connectivity index (χ0) is 55.0. The number of nitrogens with zero attached hydrogens (tertiary/aromatic N) is 6. The molecule has 1 saturated carbocycles. The molecule has 1 saturated heterocycles. The van der Waals surface area contributed by atoms with Gasteiger partial charge in [0.05, 0.1) is 17.4 Å². The highest BCUT2D eigenvalue weighted by Crippen LogP contribution is 2.45. The van der Waals surface area contributed by atoms with Crippen LogP contribution in [0.1, 0.15) is 105 Å². The zero-order valence-electron chi connectivity index (χ0n) is 44.0. The molecule has 1 aromatic heterocycles. The Balaban J connectivity index is 0.912. The van der Waals surface area contributed by atoms with Crippen LogP contribution in [0.2, 0.25) is 0 Å². The van der Waals surface area contributed by atoms with Crippen LogP contribution >= 0.6 is 0 Å². The minimum absolute atomic E-state index is 0.0209. The Hall–Kier alpha value is -8.17. The highest BCUT2D eigenvalue weighted by atomic mass is 16.2. The lowest BCUT2D eigenvalue weighted by Crippen LogP contribution is -2.51. The molecule has 21 heteroatoms. The number of piperazine rings is 1. The summed E-state index contributed by atoms with van der Waals surface area (Å²) in [6, 6.07) is 31.7. The molecule has 3 heterocycles. The molecule has 3 aliphatic rings. The number of anilines is 1. The smallest absolute Gasteiger partial charge is 0.352 e. The summed E-state index contributed by atoms with van der Waals surface area (Å²) in [5.74, 6) is -1.85. The number of aromatic nitrogens is 3. The molecule has 412 valence electrons. The second kappa shape index (κ2) is 26.7. The van der Waals surface area contributed by atoms with Crippen LogP contribution in [0.5, 0.6) is 0 Å². The molecule has 6 amide bonds.